The molecule has 1 saturated heterocycles. The van der Waals surface area contributed by atoms with Gasteiger partial charge in [-0.2, -0.15) is 0 Å². The molecule has 1 aliphatic rings. The van der Waals surface area contributed by atoms with E-state index in [4.69, 9.17) is 5.73 Å². The van der Waals surface area contributed by atoms with Crippen molar-refractivity contribution in [2.45, 2.75) is 18.9 Å². The van der Waals surface area contributed by atoms with E-state index in [1.54, 1.807) is 0 Å². The Hall–Kier alpha value is -2.18. The third-order valence-corrected chi connectivity index (χ3v) is 3.28. The molecule has 1 fully saturated rings. The van der Waals surface area contributed by atoms with Gasteiger partial charge in [0.1, 0.15) is 11.9 Å². The summed E-state index contributed by atoms with van der Waals surface area (Å²) in [6.45, 7) is 0.286. The number of nitrogen functional groups attached to an aromatic ring is 1. The first-order valence-corrected chi connectivity index (χ1v) is 6.09. The summed E-state index contributed by atoms with van der Waals surface area (Å²) in [6.07, 6.45) is 1.03. The average molecular weight is 284 g/mol. The fraction of sp³-hybridized carbons (Fsp3) is 0.385. The number of anilines is 1. The van der Waals surface area contributed by atoms with Crippen LogP contribution in [0.5, 0.6) is 0 Å². The standard InChI is InChI=1S/C13H14F2N2O3/c1-20-13(19)10-3-2-4-17(10)12(18)8-5-7(14)6-9(16)11(8)15/h5-6,10H,2-4,16H2,1H3. The highest BCUT2D eigenvalue weighted by molar-refractivity contribution is 5.98. The Kier molecular flexibility index (Phi) is 3.87. The molecule has 5 nitrogen and oxygen atoms in total. The van der Waals surface area contributed by atoms with Crippen molar-refractivity contribution < 1.29 is 23.1 Å². The largest absolute Gasteiger partial charge is 0.467 e. The molecule has 0 radical (unpaired) electrons. The first kappa shape index (κ1) is 14.2. The van der Waals surface area contributed by atoms with Gasteiger partial charge in [0.25, 0.3) is 5.91 Å². The SMILES string of the molecule is COC(=O)C1CCCN1C(=O)c1cc(F)cc(N)c1F. The van der Waals surface area contributed by atoms with Gasteiger partial charge >= 0.3 is 5.97 Å². The van der Waals surface area contributed by atoms with E-state index >= 15 is 0 Å². The maximum atomic E-state index is 13.8. The van der Waals surface area contributed by atoms with Gasteiger partial charge in [-0.3, -0.25) is 4.79 Å². The van der Waals surface area contributed by atoms with Gasteiger partial charge in [0, 0.05) is 6.54 Å². The third-order valence-electron chi connectivity index (χ3n) is 3.28. The summed E-state index contributed by atoms with van der Waals surface area (Å²) >= 11 is 0. The number of benzene rings is 1. The van der Waals surface area contributed by atoms with E-state index < -0.39 is 40.8 Å². The lowest BCUT2D eigenvalue weighted by Gasteiger charge is -2.23. The van der Waals surface area contributed by atoms with Gasteiger partial charge < -0.3 is 15.4 Å². The Morgan fingerprint density at radius 1 is 1.40 bits per heavy atom. The van der Waals surface area contributed by atoms with E-state index in [0.717, 1.165) is 12.1 Å². The number of methoxy groups -OCH3 is 1. The molecule has 1 unspecified atom stereocenters. The minimum Gasteiger partial charge on any atom is -0.467 e. The Morgan fingerprint density at radius 3 is 2.75 bits per heavy atom. The van der Waals surface area contributed by atoms with Gasteiger partial charge in [-0.05, 0) is 25.0 Å². The molecule has 2 N–H and O–H groups in total. The minimum atomic E-state index is -0.980. The van der Waals surface area contributed by atoms with Crippen LogP contribution in [-0.2, 0) is 9.53 Å². The van der Waals surface area contributed by atoms with Crippen LogP contribution in [0.3, 0.4) is 0 Å². The van der Waals surface area contributed by atoms with Crippen molar-refractivity contribution in [1.29, 1.82) is 0 Å². The molecule has 108 valence electrons. The number of nitrogens with zero attached hydrogens (tertiary/aromatic N) is 1. The highest BCUT2D eigenvalue weighted by Crippen LogP contribution is 2.24. The normalized spacial score (nSPS) is 18.1. The van der Waals surface area contributed by atoms with Gasteiger partial charge in [-0.15, -0.1) is 0 Å². The van der Waals surface area contributed by atoms with Crippen molar-refractivity contribution in [3.05, 3.63) is 29.3 Å². The number of hydrogen-bond donors (Lipinski definition) is 1. The minimum absolute atomic E-state index is 0.286. The van der Waals surface area contributed by atoms with Crippen molar-refractivity contribution in [3.8, 4) is 0 Å². The molecule has 1 heterocycles. The Labute approximate surface area is 114 Å². The number of ether oxygens (including phenoxy) is 1. The number of likely N-dealkylation sites (tertiary alicyclic amines) is 1. The van der Waals surface area contributed by atoms with Crippen molar-refractivity contribution in [1.82, 2.24) is 4.90 Å². The van der Waals surface area contributed by atoms with Crippen LogP contribution in [0.2, 0.25) is 0 Å². The first-order valence-electron chi connectivity index (χ1n) is 6.09. The van der Waals surface area contributed by atoms with Gasteiger partial charge in [0.2, 0.25) is 0 Å². The molecule has 1 aromatic rings. The third kappa shape index (κ3) is 2.43. The second kappa shape index (κ2) is 5.44. The van der Waals surface area contributed by atoms with E-state index in [1.807, 2.05) is 0 Å². The van der Waals surface area contributed by atoms with E-state index in [-0.39, 0.29) is 6.54 Å². The van der Waals surface area contributed by atoms with Crippen molar-refractivity contribution in [2.24, 2.45) is 0 Å². The molecule has 1 aromatic carbocycles. The maximum Gasteiger partial charge on any atom is 0.328 e. The number of amides is 1. The molecule has 1 aliphatic heterocycles. The molecule has 7 heteroatoms. The van der Waals surface area contributed by atoms with Gasteiger partial charge in [0.15, 0.2) is 5.82 Å². The average Bonchev–Trinajstić information content (AvgIpc) is 2.90. The summed E-state index contributed by atoms with van der Waals surface area (Å²) in [5.74, 6) is -3.12. The van der Waals surface area contributed by atoms with E-state index in [9.17, 15) is 18.4 Å². The van der Waals surface area contributed by atoms with Crippen LogP contribution in [-0.4, -0.2) is 36.5 Å². The zero-order chi connectivity index (χ0) is 14.9. The summed E-state index contributed by atoms with van der Waals surface area (Å²) < 4.78 is 31.7. The van der Waals surface area contributed by atoms with Crippen LogP contribution in [0, 0.1) is 11.6 Å². The van der Waals surface area contributed by atoms with E-state index in [1.165, 1.54) is 12.0 Å². The number of nitrogens with two attached hydrogens (primary N) is 1. The second-order valence-electron chi connectivity index (χ2n) is 4.54. The van der Waals surface area contributed by atoms with Crippen LogP contribution in [0.25, 0.3) is 0 Å². The molecule has 2 rings (SSSR count). The predicted molar refractivity (Wildman–Crippen MR) is 66.8 cm³/mol. The van der Waals surface area contributed by atoms with Crippen molar-refractivity contribution in [2.75, 3.05) is 19.4 Å². The van der Waals surface area contributed by atoms with Crippen LogP contribution in [0.4, 0.5) is 14.5 Å². The van der Waals surface area contributed by atoms with Gasteiger partial charge in [0.05, 0.1) is 18.4 Å². The number of carbonyl (C=O) groups excluding carboxylic acids is 2. The Morgan fingerprint density at radius 2 is 2.10 bits per heavy atom. The van der Waals surface area contributed by atoms with E-state index in [2.05, 4.69) is 4.74 Å². The fourth-order valence-corrected chi connectivity index (χ4v) is 2.31. The molecule has 0 bridgehead atoms. The number of esters is 1. The molecule has 0 aliphatic carbocycles. The highest BCUT2D eigenvalue weighted by Gasteiger charge is 2.36. The number of rotatable bonds is 2. The molecule has 20 heavy (non-hydrogen) atoms. The summed E-state index contributed by atoms with van der Waals surface area (Å²) in [5, 5.41) is 0. The second-order valence-corrected chi connectivity index (χ2v) is 4.54. The lowest BCUT2D eigenvalue weighted by Crippen LogP contribution is -2.41. The van der Waals surface area contributed by atoms with Gasteiger partial charge in [-0.1, -0.05) is 0 Å². The summed E-state index contributed by atoms with van der Waals surface area (Å²) in [4.78, 5) is 25.0. The van der Waals surface area contributed by atoms with Crippen molar-refractivity contribution in [3.63, 3.8) is 0 Å². The fourth-order valence-electron chi connectivity index (χ4n) is 2.31. The molecule has 0 spiro atoms. The summed E-state index contributed by atoms with van der Waals surface area (Å²) in [5.41, 5.74) is 4.38. The number of carbonyl (C=O) groups is 2. The topological polar surface area (TPSA) is 72.6 Å². The smallest absolute Gasteiger partial charge is 0.328 e. The molecule has 0 aromatic heterocycles. The Balaban J connectivity index is 2.34. The maximum absolute atomic E-state index is 13.8. The quantitative estimate of drug-likeness (QED) is 0.657. The van der Waals surface area contributed by atoms with Crippen LogP contribution >= 0.6 is 0 Å². The van der Waals surface area contributed by atoms with Crippen LogP contribution < -0.4 is 5.73 Å². The molecule has 1 amide bonds. The lowest BCUT2D eigenvalue weighted by molar-refractivity contribution is -0.145. The molecule has 1 atom stereocenters. The van der Waals surface area contributed by atoms with Crippen LogP contribution in [0.1, 0.15) is 23.2 Å². The molecule has 0 saturated carbocycles. The van der Waals surface area contributed by atoms with E-state index in [0.29, 0.717) is 12.8 Å². The Bertz CT molecular complexity index is 563. The summed E-state index contributed by atoms with van der Waals surface area (Å²) in [6, 6.07) is 0.811. The van der Waals surface area contributed by atoms with Gasteiger partial charge in [-0.25, -0.2) is 13.6 Å². The summed E-state index contributed by atoms with van der Waals surface area (Å²) in [7, 11) is 1.21. The molecular weight excluding hydrogens is 270 g/mol. The monoisotopic (exact) mass is 284 g/mol. The van der Waals surface area contributed by atoms with Crippen molar-refractivity contribution >= 4 is 17.6 Å². The highest BCUT2D eigenvalue weighted by atomic mass is 19.1. The molecular formula is C13H14F2N2O3. The lowest BCUT2D eigenvalue weighted by atomic mass is 10.1. The number of hydrogen-bond acceptors (Lipinski definition) is 4. The number of halogens is 2. The zero-order valence-electron chi connectivity index (χ0n) is 10.9. The van der Waals surface area contributed by atoms with Crippen LogP contribution in [0.15, 0.2) is 12.1 Å². The zero-order valence-corrected chi connectivity index (χ0v) is 10.9. The predicted octanol–water partition coefficient (Wildman–Crippen LogP) is 1.32. The first-order chi connectivity index (χ1) is 9.45.